The fourth-order valence-corrected chi connectivity index (χ4v) is 5.05. The van der Waals surface area contributed by atoms with Gasteiger partial charge in [-0.1, -0.05) is 18.2 Å². The quantitative estimate of drug-likeness (QED) is 0.106. The second kappa shape index (κ2) is 12.9. The zero-order valence-corrected chi connectivity index (χ0v) is 23.8. The van der Waals surface area contributed by atoms with E-state index in [-0.39, 0.29) is 6.61 Å². The summed E-state index contributed by atoms with van der Waals surface area (Å²) in [7, 11) is 6.17. The number of ether oxygens (including phenoxy) is 1. The predicted molar refractivity (Wildman–Crippen MR) is 163 cm³/mol. The van der Waals surface area contributed by atoms with Crippen LogP contribution in [0.5, 0.6) is 5.75 Å². The minimum absolute atomic E-state index is 0.0779. The van der Waals surface area contributed by atoms with E-state index in [2.05, 4.69) is 76.3 Å². The third kappa shape index (κ3) is 6.44. The first-order chi connectivity index (χ1) is 19.8. The third-order valence-corrected chi connectivity index (χ3v) is 7.04. The molecule has 0 fully saturated rings. The molecule has 5 rings (SSSR count). The number of nitrogens with zero attached hydrogens (tertiary/aromatic N) is 8. The van der Waals surface area contributed by atoms with Crippen LogP contribution < -0.4 is 20.7 Å². The maximum atomic E-state index is 9.13. The van der Waals surface area contributed by atoms with Crippen LogP contribution in [0.1, 0.15) is 17.5 Å². The van der Waals surface area contributed by atoms with Gasteiger partial charge < -0.3 is 30.2 Å². The average molecular weight is 554 g/mol. The highest BCUT2D eigenvalue weighted by atomic mass is 16.5. The smallest absolute Gasteiger partial charge is 0.227 e. The van der Waals surface area contributed by atoms with E-state index in [1.165, 1.54) is 11.1 Å². The molecule has 2 aromatic heterocycles. The topological polar surface area (TPSA) is 169 Å². The molecule has 0 saturated carbocycles. The molecule has 4 aromatic rings. The van der Waals surface area contributed by atoms with Gasteiger partial charge in [-0.2, -0.15) is 5.26 Å². The van der Waals surface area contributed by atoms with Gasteiger partial charge in [0.25, 0.3) is 0 Å². The van der Waals surface area contributed by atoms with Crippen LogP contribution >= 0.6 is 0 Å². The Kier molecular flexibility index (Phi) is 9.14. The molecule has 3 heterocycles. The third-order valence-electron chi connectivity index (χ3n) is 7.04. The molecule has 0 bridgehead atoms. The molecule has 12 nitrogen and oxygen atoms in total. The largest absolute Gasteiger partial charge is 0.475 e. The number of hydrogen-bond donors (Lipinski definition) is 3. The van der Waals surface area contributed by atoms with Crippen molar-refractivity contribution in [3.8, 4) is 23.1 Å². The van der Waals surface area contributed by atoms with Crippen molar-refractivity contribution >= 4 is 33.9 Å². The van der Waals surface area contributed by atoms with E-state index in [4.69, 9.17) is 31.8 Å². The molecule has 0 spiro atoms. The van der Waals surface area contributed by atoms with Gasteiger partial charge >= 0.3 is 0 Å². The first-order valence-corrected chi connectivity index (χ1v) is 13.3. The lowest BCUT2D eigenvalue weighted by Gasteiger charge is -2.24. The van der Waals surface area contributed by atoms with Crippen LogP contribution in [-0.2, 0) is 13.0 Å². The van der Waals surface area contributed by atoms with Crippen molar-refractivity contribution in [1.29, 1.82) is 10.8 Å². The zero-order chi connectivity index (χ0) is 29.5. The van der Waals surface area contributed by atoms with E-state index >= 15 is 0 Å². The molecule has 0 atom stereocenters. The Morgan fingerprint density at radius 1 is 1.27 bits per heavy atom. The van der Waals surface area contributed by atoms with E-state index in [9.17, 15) is 0 Å². The normalized spacial score (nSPS) is 11.8. The summed E-state index contributed by atoms with van der Waals surface area (Å²) in [4.78, 5) is 15.5. The zero-order valence-electron chi connectivity index (χ0n) is 23.8. The summed E-state index contributed by atoms with van der Waals surface area (Å²) in [6.07, 6.45) is 5.95. The van der Waals surface area contributed by atoms with E-state index < -0.39 is 0 Å². The summed E-state index contributed by atoms with van der Waals surface area (Å²) in [6.45, 7) is 4.73. The van der Waals surface area contributed by atoms with Crippen molar-refractivity contribution in [1.82, 2.24) is 19.4 Å². The Hall–Kier alpha value is -4.98. The average Bonchev–Trinajstić information content (AvgIpc) is 3.33. The van der Waals surface area contributed by atoms with Gasteiger partial charge in [0.15, 0.2) is 12.4 Å². The molecule has 0 amide bonds. The molecule has 0 radical (unpaired) electrons. The first-order valence-electron chi connectivity index (χ1n) is 13.3. The van der Waals surface area contributed by atoms with Crippen LogP contribution in [0.4, 0.5) is 23.0 Å². The summed E-state index contributed by atoms with van der Waals surface area (Å²) in [5, 5.41) is 13.6. The van der Waals surface area contributed by atoms with Crippen molar-refractivity contribution in [2.24, 2.45) is 0 Å². The predicted octanol–water partition coefficient (Wildman–Crippen LogP) is 5.45. The molecule has 0 saturated heterocycles. The Labute approximate surface area is 239 Å². The van der Waals surface area contributed by atoms with Crippen LogP contribution in [0.3, 0.4) is 0 Å². The van der Waals surface area contributed by atoms with Gasteiger partial charge in [-0.05, 0) is 67.6 Å². The fraction of sp³-hybridized carbons (Fsp3) is 0.345. The summed E-state index contributed by atoms with van der Waals surface area (Å²) in [5.41, 5.74) is 26.5. The van der Waals surface area contributed by atoms with Crippen LogP contribution in [0, 0.1) is 23.8 Å². The molecule has 2 aromatic carbocycles. The van der Waals surface area contributed by atoms with Crippen molar-refractivity contribution < 1.29 is 4.74 Å². The van der Waals surface area contributed by atoms with Crippen molar-refractivity contribution in [3.05, 3.63) is 64.3 Å². The lowest BCUT2D eigenvalue weighted by molar-refractivity contribution is 0.367. The molecule has 4 N–H and O–H groups in total. The Bertz CT molecular complexity index is 1610. The minimum Gasteiger partial charge on any atom is -0.475 e. The van der Waals surface area contributed by atoms with Crippen LogP contribution in [0.15, 0.2) is 42.7 Å². The number of nitriles is 1. The number of rotatable bonds is 9. The summed E-state index contributed by atoms with van der Waals surface area (Å²) in [6, 6.07) is 12.5. The fourth-order valence-electron chi connectivity index (χ4n) is 5.05. The first kappa shape index (κ1) is 29.0. The summed E-state index contributed by atoms with van der Waals surface area (Å²) >= 11 is 0. The maximum absolute atomic E-state index is 9.13. The van der Waals surface area contributed by atoms with Crippen molar-refractivity contribution in [2.45, 2.75) is 26.3 Å². The molecule has 12 heteroatoms. The second-order valence-corrected chi connectivity index (χ2v) is 10.2. The van der Waals surface area contributed by atoms with Crippen LogP contribution in [0.25, 0.3) is 32.6 Å². The number of nitrogens with one attached hydrogen (secondary N) is 2. The number of benzene rings is 2. The Morgan fingerprint density at radius 2 is 2.05 bits per heavy atom. The number of nitrogen functional groups attached to an aromatic ring is 1. The van der Waals surface area contributed by atoms with Gasteiger partial charge in [0.2, 0.25) is 5.95 Å². The monoisotopic (exact) mass is 553 g/mol. The Balaban J connectivity index is 0.00000124. The van der Waals surface area contributed by atoms with Crippen LogP contribution in [0.2, 0.25) is 0 Å². The molecule has 1 aliphatic heterocycles. The lowest BCUT2D eigenvalue weighted by Crippen LogP contribution is -2.29. The van der Waals surface area contributed by atoms with Crippen molar-refractivity contribution in [3.63, 3.8) is 0 Å². The number of likely N-dealkylation sites (N-methyl/N-ethyl adjacent to an activating group) is 2. The lowest BCUT2D eigenvalue weighted by atomic mass is 10.0. The minimum atomic E-state index is -0.0779. The van der Waals surface area contributed by atoms with E-state index in [1.807, 2.05) is 19.1 Å². The number of para-hydroxylation sites is 1. The highest BCUT2D eigenvalue weighted by Gasteiger charge is 2.21. The number of aromatic nitrogens is 3. The van der Waals surface area contributed by atoms with Gasteiger partial charge in [0.1, 0.15) is 11.8 Å². The van der Waals surface area contributed by atoms with E-state index in [1.54, 1.807) is 11.1 Å². The van der Waals surface area contributed by atoms with Crippen molar-refractivity contribution in [2.75, 3.05) is 56.8 Å². The molecular formula is C29H35N11O. The van der Waals surface area contributed by atoms with E-state index in [0.29, 0.717) is 23.1 Å². The van der Waals surface area contributed by atoms with Crippen LogP contribution in [-0.4, -0.2) is 60.3 Å². The molecule has 0 aliphatic carbocycles. The molecular weight excluding hydrogens is 518 g/mol. The highest BCUT2D eigenvalue weighted by molar-refractivity contribution is 5.98. The van der Waals surface area contributed by atoms with Gasteiger partial charge in [0, 0.05) is 49.5 Å². The maximum Gasteiger partial charge on any atom is 0.227 e. The molecule has 0 unspecified atom stereocenters. The molecule has 1 aliphatic rings. The molecule has 212 valence electrons. The number of aryl methyl sites for hydroxylation is 3. The van der Waals surface area contributed by atoms with Gasteiger partial charge in [-0.25, -0.2) is 9.97 Å². The standard InChI is InChI=1S/C29H34N8O.HN3/c1-19-15-25(36(4)13-12-35(2)3)23(31)16-24(19)33-29-32-17-26(38-14-10-30)27(34-29)22-18-37-11-6-8-20-7-5-9-21(22)28(20)37;1-3-2/h5,7,9,15-18H,6,8,11-14,31H2,1-4H3,(H,32,33,34);1H. The van der Waals surface area contributed by atoms with E-state index in [0.717, 1.165) is 60.4 Å². The highest BCUT2D eigenvalue weighted by Crippen LogP contribution is 2.39. The number of hydrogen-bond acceptors (Lipinski definition) is 9. The summed E-state index contributed by atoms with van der Waals surface area (Å²) < 4.78 is 8.05. The summed E-state index contributed by atoms with van der Waals surface area (Å²) in [5.74, 6) is 0.919. The van der Waals surface area contributed by atoms with Gasteiger partial charge in [-0.15, -0.1) is 5.53 Å². The number of anilines is 4. The number of nitrogens with two attached hydrogens (primary N) is 1. The van der Waals surface area contributed by atoms with Gasteiger partial charge in [0.05, 0.1) is 23.1 Å². The second-order valence-electron chi connectivity index (χ2n) is 10.2. The Morgan fingerprint density at radius 3 is 2.78 bits per heavy atom. The molecule has 41 heavy (non-hydrogen) atoms. The SMILES string of the molecule is Cc1cc(N(C)CCN(C)C)c(N)cc1Nc1ncc(OCC#N)c(-c2cn3c4c(cccc24)CCC3)n1.[N-]=[N+]=N. The van der Waals surface area contributed by atoms with Gasteiger partial charge in [-0.3, -0.25) is 0 Å².